The van der Waals surface area contributed by atoms with Gasteiger partial charge in [-0.05, 0) is 37.8 Å². The Hall–Kier alpha value is -0.0800. The molecule has 0 saturated carbocycles. The lowest BCUT2D eigenvalue weighted by atomic mass is 9.86. The van der Waals surface area contributed by atoms with Crippen molar-refractivity contribution in [1.29, 1.82) is 0 Å². The molecule has 13 heavy (non-hydrogen) atoms. The van der Waals surface area contributed by atoms with Gasteiger partial charge in [0.15, 0.2) is 0 Å². The highest BCUT2D eigenvalue weighted by atomic mass is 16.3. The Balaban J connectivity index is 0.000000424. The minimum Gasteiger partial charge on any atom is -0.396 e. The van der Waals surface area contributed by atoms with Crippen molar-refractivity contribution in [3.05, 3.63) is 0 Å². The molecular formula is C11H25NO. The molecule has 0 bridgehead atoms. The van der Waals surface area contributed by atoms with Crippen LogP contribution in [0.2, 0.25) is 0 Å². The molecule has 0 amide bonds. The molecule has 2 N–H and O–H groups in total. The summed E-state index contributed by atoms with van der Waals surface area (Å²) in [5.74, 6) is 1.51. The van der Waals surface area contributed by atoms with Gasteiger partial charge in [0.1, 0.15) is 0 Å². The van der Waals surface area contributed by atoms with Crippen molar-refractivity contribution in [3.8, 4) is 0 Å². The Kier molecular flexibility index (Phi) is 8.46. The van der Waals surface area contributed by atoms with Crippen LogP contribution < -0.4 is 5.32 Å². The van der Waals surface area contributed by atoms with Gasteiger partial charge in [-0.25, -0.2) is 0 Å². The van der Waals surface area contributed by atoms with Crippen molar-refractivity contribution in [3.63, 3.8) is 0 Å². The first-order chi connectivity index (χ1) is 6.26. The summed E-state index contributed by atoms with van der Waals surface area (Å²) in [5, 5.41) is 12.1. The number of aliphatic hydroxyl groups excluding tert-OH is 1. The monoisotopic (exact) mass is 187 g/mol. The van der Waals surface area contributed by atoms with E-state index in [1.807, 2.05) is 0 Å². The summed E-state index contributed by atoms with van der Waals surface area (Å²) in [6.07, 6.45) is 3.48. The summed E-state index contributed by atoms with van der Waals surface area (Å²) in [7, 11) is 0. The van der Waals surface area contributed by atoms with Crippen molar-refractivity contribution in [1.82, 2.24) is 5.32 Å². The van der Waals surface area contributed by atoms with Crippen LogP contribution in [0.5, 0.6) is 0 Å². The summed E-state index contributed by atoms with van der Waals surface area (Å²) in [4.78, 5) is 0. The van der Waals surface area contributed by atoms with E-state index in [1.165, 1.54) is 12.8 Å². The van der Waals surface area contributed by atoms with Crippen LogP contribution in [0.1, 0.15) is 40.0 Å². The number of nitrogens with one attached hydrogen (secondary N) is 1. The van der Waals surface area contributed by atoms with E-state index in [-0.39, 0.29) is 0 Å². The van der Waals surface area contributed by atoms with E-state index in [4.69, 9.17) is 5.11 Å². The molecule has 80 valence electrons. The third-order valence-electron chi connectivity index (χ3n) is 2.46. The van der Waals surface area contributed by atoms with Crippen molar-refractivity contribution in [2.24, 2.45) is 11.8 Å². The third-order valence-corrected chi connectivity index (χ3v) is 2.46. The quantitative estimate of drug-likeness (QED) is 0.693. The minimum absolute atomic E-state index is 0.356. The lowest BCUT2D eigenvalue weighted by Crippen LogP contribution is -2.35. The van der Waals surface area contributed by atoms with Crippen LogP contribution in [-0.2, 0) is 0 Å². The lowest BCUT2D eigenvalue weighted by molar-refractivity contribution is 0.195. The molecule has 0 aliphatic carbocycles. The predicted octanol–water partition coefficient (Wildman–Crippen LogP) is 2.03. The molecular weight excluding hydrogens is 162 g/mol. The molecule has 1 rings (SSSR count). The molecule has 2 nitrogen and oxygen atoms in total. The molecule has 0 aromatic heterocycles. The maximum absolute atomic E-state index is 8.72. The van der Waals surface area contributed by atoms with Gasteiger partial charge in [0.2, 0.25) is 0 Å². The van der Waals surface area contributed by atoms with E-state index in [1.54, 1.807) is 0 Å². The second kappa shape index (κ2) is 8.52. The number of hydrogen-bond acceptors (Lipinski definition) is 2. The Morgan fingerprint density at radius 2 is 2.00 bits per heavy atom. The zero-order valence-electron chi connectivity index (χ0n) is 9.34. The van der Waals surface area contributed by atoms with Gasteiger partial charge in [0, 0.05) is 6.61 Å². The highest BCUT2D eigenvalue weighted by molar-refractivity contribution is 4.74. The van der Waals surface area contributed by atoms with Crippen LogP contribution in [0.3, 0.4) is 0 Å². The van der Waals surface area contributed by atoms with Crippen molar-refractivity contribution in [2.75, 3.05) is 19.7 Å². The van der Waals surface area contributed by atoms with E-state index in [0.717, 1.165) is 31.3 Å². The Morgan fingerprint density at radius 3 is 2.46 bits per heavy atom. The summed E-state index contributed by atoms with van der Waals surface area (Å²) in [5.41, 5.74) is 0. The fourth-order valence-electron chi connectivity index (χ4n) is 1.66. The van der Waals surface area contributed by atoms with Gasteiger partial charge < -0.3 is 10.4 Å². The van der Waals surface area contributed by atoms with Gasteiger partial charge in [-0.15, -0.1) is 0 Å². The first-order valence-corrected chi connectivity index (χ1v) is 5.57. The third kappa shape index (κ3) is 6.05. The van der Waals surface area contributed by atoms with Gasteiger partial charge in [0.05, 0.1) is 0 Å². The van der Waals surface area contributed by atoms with Gasteiger partial charge in [-0.2, -0.15) is 0 Å². The molecule has 0 aromatic rings. The fourth-order valence-corrected chi connectivity index (χ4v) is 1.66. The predicted molar refractivity (Wildman–Crippen MR) is 57.8 cm³/mol. The fraction of sp³-hybridized carbons (Fsp3) is 1.00. The van der Waals surface area contributed by atoms with Crippen LogP contribution >= 0.6 is 0 Å². The highest BCUT2D eigenvalue weighted by Crippen LogP contribution is 2.21. The smallest absolute Gasteiger partial charge is 0.0433 e. The lowest BCUT2D eigenvalue weighted by Gasteiger charge is -2.28. The average Bonchev–Trinajstić information content (AvgIpc) is 2.11. The second-order valence-electron chi connectivity index (χ2n) is 3.95. The van der Waals surface area contributed by atoms with Gasteiger partial charge in [-0.3, -0.25) is 0 Å². The van der Waals surface area contributed by atoms with E-state index in [2.05, 4.69) is 26.1 Å². The van der Waals surface area contributed by atoms with Gasteiger partial charge >= 0.3 is 0 Å². The SMILES string of the molecule is CCC.C[C@@H]1CNCC[C@H]1CCO. The van der Waals surface area contributed by atoms with Crippen LogP contribution in [0.25, 0.3) is 0 Å². The maximum Gasteiger partial charge on any atom is 0.0433 e. The highest BCUT2D eigenvalue weighted by Gasteiger charge is 2.19. The number of piperidine rings is 1. The summed E-state index contributed by atoms with van der Waals surface area (Å²) in [6, 6.07) is 0. The number of hydrogen-bond donors (Lipinski definition) is 2. The Bertz CT molecular complexity index is 104. The topological polar surface area (TPSA) is 32.3 Å². The van der Waals surface area contributed by atoms with E-state index >= 15 is 0 Å². The molecule has 0 aromatic carbocycles. The van der Waals surface area contributed by atoms with Crippen LogP contribution in [0.4, 0.5) is 0 Å². The zero-order chi connectivity index (χ0) is 10.1. The average molecular weight is 187 g/mol. The number of aliphatic hydroxyl groups is 1. The van der Waals surface area contributed by atoms with Gasteiger partial charge in [0.25, 0.3) is 0 Å². The van der Waals surface area contributed by atoms with Crippen molar-refractivity contribution < 1.29 is 5.11 Å². The van der Waals surface area contributed by atoms with E-state index in [0.29, 0.717) is 6.61 Å². The summed E-state index contributed by atoms with van der Waals surface area (Å²) < 4.78 is 0. The Labute approximate surface area is 82.7 Å². The van der Waals surface area contributed by atoms with E-state index < -0.39 is 0 Å². The molecule has 0 spiro atoms. The normalized spacial score (nSPS) is 27.7. The van der Waals surface area contributed by atoms with Crippen LogP contribution in [0, 0.1) is 11.8 Å². The standard InChI is InChI=1S/C8H17NO.C3H8/c1-7-6-9-4-2-8(7)3-5-10;1-3-2/h7-10H,2-6H2,1H3;3H2,1-2H3/t7-,8+;/m1./s1. The van der Waals surface area contributed by atoms with Crippen LogP contribution in [0.15, 0.2) is 0 Å². The van der Waals surface area contributed by atoms with Crippen molar-refractivity contribution in [2.45, 2.75) is 40.0 Å². The molecule has 0 radical (unpaired) electrons. The minimum atomic E-state index is 0.356. The molecule has 1 heterocycles. The first kappa shape index (κ1) is 12.9. The maximum atomic E-state index is 8.72. The molecule has 1 aliphatic rings. The molecule has 1 fully saturated rings. The summed E-state index contributed by atoms with van der Waals surface area (Å²) in [6.45, 7) is 9.13. The van der Waals surface area contributed by atoms with Gasteiger partial charge in [-0.1, -0.05) is 27.2 Å². The second-order valence-corrected chi connectivity index (χ2v) is 3.95. The molecule has 2 atom stereocenters. The number of rotatable bonds is 2. The van der Waals surface area contributed by atoms with Crippen molar-refractivity contribution >= 4 is 0 Å². The van der Waals surface area contributed by atoms with E-state index in [9.17, 15) is 0 Å². The molecule has 1 aliphatic heterocycles. The molecule has 2 heteroatoms. The Morgan fingerprint density at radius 1 is 1.38 bits per heavy atom. The largest absolute Gasteiger partial charge is 0.396 e. The zero-order valence-corrected chi connectivity index (χ0v) is 9.34. The molecule has 1 saturated heterocycles. The first-order valence-electron chi connectivity index (χ1n) is 5.57. The molecule has 0 unspecified atom stereocenters. The van der Waals surface area contributed by atoms with Crippen LogP contribution in [-0.4, -0.2) is 24.8 Å². The summed E-state index contributed by atoms with van der Waals surface area (Å²) >= 11 is 0.